The summed E-state index contributed by atoms with van der Waals surface area (Å²) < 4.78 is 38.5. The van der Waals surface area contributed by atoms with Crippen LogP contribution >= 0.6 is 23.2 Å². The van der Waals surface area contributed by atoms with Gasteiger partial charge in [0, 0.05) is 23.3 Å². The molecule has 0 aliphatic carbocycles. The number of pyridine rings is 2. The molecule has 0 bridgehead atoms. The standard InChI is InChI=1S/C21H11Cl2F3N2/c22-16-2-1-3-17(23)18(16)20-19-15(9-11-28-20)14(8-10-27-19)12-4-6-13(7-5-12)21(24,25)26/h1-11H. The first-order chi connectivity index (χ1) is 13.4. The van der Waals surface area contributed by atoms with Crippen LogP contribution in [0.1, 0.15) is 5.56 Å². The molecule has 0 radical (unpaired) electrons. The van der Waals surface area contributed by atoms with Crippen LogP contribution in [0.3, 0.4) is 0 Å². The topological polar surface area (TPSA) is 25.8 Å². The maximum absolute atomic E-state index is 12.8. The van der Waals surface area contributed by atoms with E-state index in [1.54, 1.807) is 42.7 Å². The van der Waals surface area contributed by atoms with Crippen molar-refractivity contribution in [1.82, 2.24) is 9.97 Å². The molecule has 0 aliphatic heterocycles. The summed E-state index contributed by atoms with van der Waals surface area (Å²) in [5.74, 6) is 0. The second-order valence-corrected chi connectivity index (χ2v) is 6.90. The largest absolute Gasteiger partial charge is 0.416 e. The lowest BCUT2D eigenvalue weighted by atomic mass is 9.99. The Bertz CT molecular complexity index is 1150. The van der Waals surface area contributed by atoms with Crippen molar-refractivity contribution in [3.05, 3.63) is 82.6 Å². The van der Waals surface area contributed by atoms with Gasteiger partial charge < -0.3 is 0 Å². The summed E-state index contributed by atoms with van der Waals surface area (Å²) in [5, 5.41) is 1.62. The molecule has 0 aliphatic rings. The molecule has 0 saturated carbocycles. The fraction of sp³-hybridized carbons (Fsp3) is 0.0476. The van der Waals surface area contributed by atoms with Crippen LogP contribution in [0.15, 0.2) is 67.0 Å². The zero-order chi connectivity index (χ0) is 19.9. The number of nitrogens with zero attached hydrogens (tertiary/aromatic N) is 2. The summed E-state index contributed by atoms with van der Waals surface area (Å²) in [5.41, 5.74) is 2.33. The Labute approximate surface area is 168 Å². The average Bonchev–Trinajstić information content (AvgIpc) is 2.67. The molecule has 0 atom stereocenters. The number of alkyl halides is 3. The van der Waals surface area contributed by atoms with Gasteiger partial charge in [0.15, 0.2) is 0 Å². The van der Waals surface area contributed by atoms with Crippen molar-refractivity contribution in [2.75, 3.05) is 0 Å². The first-order valence-corrected chi connectivity index (χ1v) is 8.97. The van der Waals surface area contributed by atoms with Gasteiger partial charge in [0.25, 0.3) is 0 Å². The van der Waals surface area contributed by atoms with Crippen molar-refractivity contribution in [2.45, 2.75) is 6.18 Å². The lowest BCUT2D eigenvalue weighted by molar-refractivity contribution is -0.137. The zero-order valence-corrected chi connectivity index (χ0v) is 15.6. The van der Waals surface area contributed by atoms with Gasteiger partial charge in [-0.2, -0.15) is 13.2 Å². The van der Waals surface area contributed by atoms with Crippen molar-refractivity contribution < 1.29 is 13.2 Å². The highest BCUT2D eigenvalue weighted by atomic mass is 35.5. The third kappa shape index (κ3) is 3.32. The van der Waals surface area contributed by atoms with E-state index in [0.717, 1.165) is 23.1 Å². The van der Waals surface area contributed by atoms with E-state index in [2.05, 4.69) is 9.97 Å². The van der Waals surface area contributed by atoms with Crippen molar-refractivity contribution in [2.24, 2.45) is 0 Å². The van der Waals surface area contributed by atoms with Crippen molar-refractivity contribution in [3.8, 4) is 22.4 Å². The monoisotopic (exact) mass is 418 g/mol. The summed E-state index contributed by atoms with van der Waals surface area (Å²) in [6.07, 6.45) is -1.19. The van der Waals surface area contributed by atoms with Crippen molar-refractivity contribution in [3.63, 3.8) is 0 Å². The molecule has 0 amide bonds. The second-order valence-electron chi connectivity index (χ2n) is 6.09. The zero-order valence-electron chi connectivity index (χ0n) is 14.1. The van der Waals surface area contributed by atoms with Crippen LogP contribution in [0, 0.1) is 0 Å². The minimum Gasteiger partial charge on any atom is -0.254 e. The molecule has 7 heteroatoms. The minimum atomic E-state index is -4.38. The normalized spacial score (nSPS) is 11.8. The van der Waals surface area contributed by atoms with Gasteiger partial charge in [0.05, 0.1) is 26.8 Å². The Morgan fingerprint density at radius 3 is 2.04 bits per heavy atom. The van der Waals surface area contributed by atoms with E-state index in [4.69, 9.17) is 23.2 Å². The Morgan fingerprint density at radius 1 is 0.750 bits per heavy atom. The third-order valence-corrected chi connectivity index (χ3v) is 5.01. The predicted molar refractivity (Wildman–Crippen MR) is 105 cm³/mol. The third-order valence-electron chi connectivity index (χ3n) is 4.38. The lowest BCUT2D eigenvalue weighted by Crippen LogP contribution is -2.04. The predicted octanol–water partition coefficient (Wildman–Crippen LogP) is 7.29. The molecule has 4 rings (SSSR count). The number of halogens is 5. The molecule has 2 nitrogen and oxygen atoms in total. The first-order valence-electron chi connectivity index (χ1n) is 8.22. The average molecular weight is 419 g/mol. The number of fused-ring (bicyclic) bond motifs is 1. The molecule has 140 valence electrons. The number of hydrogen-bond acceptors (Lipinski definition) is 2. The van der Waals surface area contributed by atoms with Crippen LogP contribution in [-0.4, -0.2) is 9.97 Å². The summed E-state index contributed by atoms with van der Waals surface area (Å²) in [6, 6.07) is 13.7. The van der Waals surface area contributed by atoms with E-state index in [9.17, 15) is 13.2 Å². The van der Waals surface area contributed by atoms with Gasteiger partial charge in [-0.15, -0.1) is 0 Å². The van der Waals surface area contributed by atoms with Gasteiger partial charge >= 0.3 is 6.18 Å². The van der Waals surface area contributed by atoms with Gasteiger partial charge in [-0.25, -0.2) is 0 Å². The SMILES string of the molecule is FC(F)(F)c1ccc(-c2ccnc3c(-c4c(Cl)cccc4Cl)nccc23)cc1. The molecule has 0 spiro atoms. The number of benzene rings is 2. The fourth-order valence-electron chi connectivity index (χ4n) is 3.08. The molecule has 2 aromatic heterocycles. The Balaban J connectivity index is 1.91. The highest BCUT2D eigenvalue weighted by Crippen LogP contribution is 2.39. The molecule has 2 heterocycles. The molecular formula is C21H11Cl2F3N2. The Morgan fingerprint density at radius 2 is 1.39 bits per heavy atom. The Hall–Kier alpha value is -2.63. The molecule has 0 unspecified atom stereocenters. The second kappa shape index (κ2) is 7.08. The van der Waals surface area contributed by atoms with Gasteiger partial charge in [-0.05, 0) is 47.5 Å². The van der Waals surface area contributed by atoms with Gasteiger partial charge in [-0.1, -0.05) is 41.4 Å². The van der Waals surface area contributed by atoms with E-state index >= 15 is 0 Å². The highest BCUT2D eigenvalue weighted by molar-refractivity contribution is 6.39. The number of aromatic nitrogens is 2. The molecule has 28 heavy (non-hydrogen) atoms. The molecule has 4 aromatic rings. The van der Waals surface area contributed by atoms with E-state index < -0.39 is 11.7 Å². The van der Waals surface area contributed by atoms with Crippen LogP contribution < -0.4 is 0 Å². The quantitative estimate of drug-likeness (QED) is 0.341. The molecule has 2 aromatic carbocycles. The summed E-state index contributed by atoms with van der Waals surface area (Å²) in [4.78, 5) is 8.82. The Kier molecular flexibility index (Phi) is 4.73. The highest BCUT2D eigenvalue weighted by Gasteiger charge is 2.30. The maximum Gasteiger partial charge on any atom is 0.416 e. The summed E-state index contributed by atoms with van der Waals surface area (Å²) in [6.45, 7) is 0. The van der Waals surface area contributed by atoms with Gasteiger partial charge in [-0.3, -0.25) is 9.97 Å². The van der Waals surface area contributed by atoms with E-state index in [-0.39, 0.29) is 0 Å². The van der Waals surface area contributed by atoms with Gasteiger partial charge in [0.1, 0.15) is 0 Å². The number of hydrogen-bond donors (Lipinski definition) is 0. The van der Waals surface area contributed by atoms with E-state index in [1.165, 1.54) is 12.1 Å². The van der Waals surface area contributed by atoms with Gasteiger partial charge in [0.2, 0.25) is 0 Å². The van der Waals surface area contributed by atoms with Crippen LogP contribution in [0.25, 0.3) is 33.3 Å². The van der Waals surface area contributed by atoms with Crippen LogP contribution in [0.4, 0.5) is 13.2 Å². The summed E-state index contributed by atoms with van der Waals surface area (Å²) >= 11 is 12.6. The minimum absolute atomic E-state index is 0.439. The maximum atomic E-state index is 12.8. The fourth-order valence-corrected chi connectivity index (χ4v) is 3.65. The number of rotatable bonds is 2. The molecule has 0 fully saturated rings. The first kappa shape index (κ1) is 18.7. The lowest BCUT2D eigenvalue weighted by Gasteiger charge is -2.12. The van der Waals surface area contributed by atoms with Crippen LogP contribution in [-0.2, 0) is 6.18 Å². The van der Waals surface area contributed by atoms with E-state index in [0.29, 0.717) is 32.4 Å². The summed E-state index contributed by atoms with van der Waals surface area (Å²) in [7, 11) is 0. The van der Waals surface area contributed by atoms with Crippen LogP contribution in [0.2, 0.25) is 10.0 Å². The van der Waals surface area contributed by atoms with Crippen molar-refractivity contribution in [1.29, 1.82) is 0 Å². The van der Waals surface area contributed by atoms with Crippen molar-refractivity contribution >= 4 is 34.1 Å². The van der Waals surface area contributed by atoms with Crippen LogP contribution in [0.5, 0.6) is 0 Å². The smallest absolute Gasteiger partial charge is 0.254 e. The molecular weight excluding hydrogens is 408 g/mol. The van der Waals surface area contributed by atoms with E-state index in [1.807, 2.05) is 0 Å². The molecule has 0 N–H and O–H groups in total. The molecule has 0 saturated heterocycles.